The van der Waals surface area contributed by atoms with E-state index in [1.807, 2.05) is 32.9 Å². The molecule has 1 aromatic heterocycles. The number of aryl methyl sites for hydroxylation is 1. The van der Waals surface area contributed by atoms with Crippen molar-refractivity contribution in [3.05, 3.63) is 29.6 Å². The molecule has 7 heteroatoms. The van der Waals surface area contributed by atoms with Crippen LogP contribution >= 0.6 is 24.0 Å². The molecule has 25 heavy (non-hydrogen) atoms. The number of hydrogen-bond acceptors (Lipinski definition) is 4. The van der Waals surface area contributed by atoms with E-state index in [-0.39, 0.29) is 35.9 Å². The maximum atomic E-state index is 12.0. The van der Waals surface area contributed by atoms with Crippen LogP contribution in [0.1, 0.15) is 37.9 Å². The fraction of sp³-hybridized carbons (Fsp3) is 0.611. The van der Waals surface area contributed by atoms with E-state index in [0.29, 0.717) is 19.7 Å². The Morgan fingerprint density at radius 1 is 1.48 bits per heavy atom. The number of nitrogens with one attached hydrogen (secondary N) is 1. The van der Waals surface area contributed by atoms with Gasteiger partial charge in [-0.2, -0.15) is 0 Å². The van der Waals surface area contributed by atoms with Gasteiger partial charge in [0.1, 0.15) is 0 Å². The summed E-state index contributed by atoms with van der Waals surface area (Å²) in [6.45, 7) is 9.27. The Hall–Kier alpha value is -1.38. The monoisotopic (exact) mass is 460 g/mol. The summed E-state index contributed by atoms with van der Waals surface area (Å²) in [7, 11) is 0. The van der Waals surface area contributed by atoms with Gasteiger partial charge in [0.15, 0.2) is 5.96 Å². The number of esters is 1. The van der Waals surface area contributed by atoms with E-state index in [2.05, 4.69) is 15.2 Å². The molecule has 0 spiro atoms. The molecule has 2 rings (SSSR count). The zero-order chi connectivity index (χ0) is 17.4. The lowest BCUT2D eigenvalue weighted by Crippen LogP contribution is -2.48. The van der Waals surface area contributed by atoms with Gasteiger partial charge >= 0.3 is 5.97 Å². The molecule has 2 heterocycles. The first-order chi connectivity index (χ1) is 11.7. The van der Waals surface area contributed by atoms with E-state index in [9.17, 15) is 4.79 Å². The highest BCUT2D eigenvalue weighted by atomic mass is 127. The number of pyridine rings is 1. The summed E-state index contributed by atoms with van der Waals surface area (Å²) in [5.74, 6) is 0.675. The first-order valence-corrected chi connectivity index (χ1v) is 8.76. The number of aliphatic imine (C=N–C) groups is 1. The average molecular weight is 460 g/mol. The molecule has 1 aliphatic heterocycles. The number of ether oxygens (including phenoxy) is 1. The molecule has 0 amide bonds. The van der Waals surface area contributed by atoms with Gasteiger partial charge in [-0.15, -0.1) is 24.0 Å². The Bertz CT molecular complexity index is 580. The lowest BCUT2D eigenvalue weighted by atomic mass is 9.98. The molecule has 1 aromatic rings. The number of rotatable bonds is 5. The maximum Gasteiger partial charge on any atom is 0.310 e. The lowest BCUT2D eigenvalue weighted by Gasteiger charge is -2.34. The number of carbonyl (C=O) groups excluding carboxylic acids is 1. The van der Waals surface area contributed by atoms with E-state index in [1.54, 1.807) is 6.20 Å². The molecule has 0 aliphatic carbocycles. The molecule has 1 N–H and O–H groups in total. The number of hydrogen-bond donors (Lipinski definition) is 1. The van der Waals surface area contributed by atoms with Crippen LogP contribution in [0.5, 0.6) is 0 Å². The molecule has 140 valence electrons. The van der Waals surface area contributed by atoms with Crippen LogP contribution in [0.15, 0.2) is 23.3 Å². The number of aromatic nitrogens is 1. The van der Waals surface area contributed by atoms with E-state index in [1.165, 1.54) is 0 Å². The Morgan fingerprint density at radius 3 is 2.96 bits per heavy atom. The van der Waals surface area contributed by atoms with Crippen LogP contribution < -0.4 is 5.32 Å². The molecular weight excluding hydrogens is 431 g/mol. The van der Waals surface area contributed by atoms with Crippen LogP contribution in [0.25, 0.3) is 0 Å². The Balaban J connectivity index is 0.00000312. The van der Waals surface area contributed by atoms with Gasteiger partial charge in [0.2, 0.25) is 0 Å². The molecular formula is C18H29IN4O2. The van der Waals surface area contributed by atoms with Crippen molar-refractivity contribution in [3.63, 3.8) is 0 Å². The van der Waals surface area contributed by atoms with Crippen molar-refractivity contribution in [1.82, 2.24) is 15.2 Å². The summed E-state index contributed by atoms with van der Waals surface area (Å²) in [5.41, 5.74) is 2.12. The summed E-state index contributed by atoms with van der Waals surface area (Å²) >= 11 is 0. The molecule has 1 fully saturated rings. The zero-order valence-corrected chi connectivity index (χ0v) is 17.7. The van der Waals surface area contributed by atoms with Crippen molar-refractivity contribution in [2.24, 2.45) is 10.9 Å². The van der Waals surface area contributed by atoms with Crippen molar-refractivity contribution in [2.75, 3.05) is 26.2 Å². The second kappa shape index (κ2) is 11.3. The summed E-state index contributed by atoms with van der Waals surface area (Å²) in [6.07, 6.45) is 3.65. The van der Waals surface area contributed by atoms with Gasteiger partial charge in [-0.25, -0.2) is 4.99 Å². The number of nitrogens with zero attached hydrogens (tertiary/aromatic N) is 3. The predicted octanol–water partition coefficient (Wildman–Crippen LogP) is 2.75. The van der Waals surface area contributed by atoms with E-state index < -0.39 is 0 Å². The summed E-state index contributed by atoms with van der Waals surface area (Å²) < 4.78 is 5.18. The predicted molar refractivity (Wildman–Crippen MR) is 110 cm³/mol. The minimum Gasteiger partial charge on any atom is -0.466 e. The standard InChI is InChI=1S/C18H28N4O2.HI/c1-4-19-18(21-12-16-14(3)8-6-10-20-16)22-11-7-9-15(13-22)17(23)24-5-2;/h6,8,10,15H,4-5,7,9,11-13H2,1-3H3,(H,19,21);1H. The highest BCUT2D eigenvalue weighted by Gasteiger charge is 2.28. The minimum absolute atomic E-state index is 0. The second-order valence-corrected chi connectivity index (χ2v) is 5.97. The molecule has 1 atom stereocenters. The van der Waals surface area contributed by atoms with Gasteiger partial charge < -0.3 is 15.0 Å². The molecule has 1 saturated heterocycles. The fourth-order valence-corrected chi connectivity index (χ4v) is 2.88. The number of likely N-dealkylation sites (tertiary alicyclic amines) is 1. The van der Waals surface area contributed by atoms with E-state index in [0.717, 1.165) is 43.1 Å². The molecule has 0 saturated carbocycles. The summed E-state index contributed by atoms with van der Waals surface area (Å²) in [4.78, 5) is 23.3. The Kier molecular flexibility index (Phi) is 9.77. The van der Waals surface area contributed by atoms with Gasteiger partial charge in [0.25, 0.3) is 0 Å². The third kappa shape index (κ3) is 6.45. The number of carbonyl (C=O) groups is 1. The van der Waals surface area contributed by atoms with Crippen molar-refractivity contribution >= 4 is 35.9 Å². The SMILES string of the molecule is CCNC(=NCc1ncccc1C)N1CCCC(C(=O)OCC)C1.I. The lowest BCUT2D eigenvalue weighted by molar-refractivity contribution is -0.149. The van der Waals surface area contributed by atoms with Gasteiger partial charge in [0.05, 0.1) is 24.8 Å². The van der Waals surface area contributed by atoms with Crippen LogP contribution in [0.2, 0.25) is 0 Å². The molecule has 0 aromatic carbocycles. The average Bonchev–Trinajstić information content (AvgIpc) is 2.60. The Labute approximate surface area is 167 Å². The normalized spacial score (nSPS) is 17.6. The maximum absolute atomic E-state index is 12.0. The minimum atomic E-state index is -0.0985. The fourth-order valence-electron chi connectivity index (χ4n) is 2.88. The van der Waals surface area contributed by atoms with Gasteiger partial charge in [-0.1, -0.05) is 6.07 Å². The number of halogens is 1. The summed E-state index contributed by atoms with van der Waals surface area (Å²) in [5, 5.41) is 3.33. The molecule has 1 unspecified atom stereocenters. The molecule has 0 radical (unpaired) electrons. The van der Waals surface area contributed by atoms with Crippen molar-refractivity contribution < 1.29 is 9.53 Å². The van der Waals surface area contributed by atoms with Crippen molar-refractivity contribution in [2.45, 2.75) is 40.2 Å². The van der Waals surface area contributed by atoms with Crippen LogP contribution in [0.4, 0.5) is 0 Å². The third-order valence-corrected chi connectivity index (χ3v) is 4.17. The molecule has 6 nitrogen and oxygen atoms in total. The van der Waals surface area contributed by atoms with E-state index >= 15 is 0 Å². The van der Waals surface area contributed by atoms with Gasteiger partial charge in [-0.05, 0) is 45.2 Å². The van der Waals surface area contributed by atoms with Crippen LogP contribution in [0, 0.1) is 12.8 Å². The first-order valence-electron chi connectivity index (χ1n) is 8.76. The second-order valence-electron chi connectivity index (χ2n) is 5.97. The zero-order valence-electron chi connectivity index (χ0n) is 15.3. The van der Waals surface area contributed by atoms with Gasteiger partial charge in [-0.3, -0.25) is 9.78 Å². The van der Waals surface area contributed by atoms with Crippen molar-refractivity contribution in [1.29, 1.82) is 0 Å². The molecule has 1 aliphatic rings. The Morgan fingerprint density at radius 2 is 2.28 bits per heavy atom. The number of piperidine rings is 1. The van der Waals surface area contributed by atoms with Crippen LogP contribution in [0.3, 0.4) is 0 Å². The number of guanidine groups is 1. The smallest absolute Gasteiger partial charge is 0.310 e. The van der Waals surface area contributed by atoms with Crippen LogP contribution in [-0.4, -0.2) is 48.1 Å². The molecule has 0 bridgehead atoms. The van der Waals surface area contributed by atoms with Crippen molar-refractivity contribution in [3.8, 4) is 0 Å². The van der Waals surface area contributed by atoms with Gasteiger partial charge in [0, 0.05) is 25.8 Å². The third-order valence-electron chi connectivity index (χ3n) is 4.17. The highest BCUT2D eigenvalue weighted by molar-refractivity contribution is 14.0. The first kappa shape index (κ1) is 21.7. The quantitative estimate of drug-likeness (QED) is 0.317. The van der Waals surface area contributed by atoms with Crippen LogP contribution in [-0.2, 0) is 16.1 Å². The van der Waals surface area contributed by atoms with E-state index in [4.69, 9.17) is 9.73 Å². The largest absolute Gasteiger partial charge is 0.466 e. The summed E-state index contributed by atoms with van der Waals surface area (Å²) in [6, 6.07) is 3.98. The highest BCUT2D eigenvalue weighted by Crippen LogP contribution is 2.18. The topological polar surface area (TPSA) is 66.8 Å².